The standard InChI is InChI=1S/C23H17BrN4O2/c24-16-10-8-15(9-11-16)13-22(29)27-28-23(30)18-14-21(20-7-3-4-12-25-20)26-19-6-2-1-5-17(18)19/h1-12,14H,13H2,(H,27,29)(H,28,30). The molecule has 4 aromatic rings. The highest BCUT2D eigenvalue weighted by Crippen LogP contribution is 2.23. The summed E-state index contributed by atoms with van der Waals surface area (Å²) in [6, 6.07) is 22.0. The number of rotatable bonds is 4. The first kappa shape index (κ1) is 19.7. The maximum atomic E-state index is 12.9. The van der Waals surface area contributed by atoms with Crippen LogP contribution in [0.3, 0.4) is 0 Å². The van der Waals surface area contributed by atoms with Gasteiger partial charge < -0.3 is 0 Å². The van der Waals surface area contributed by atoms with Crippen molar-refractivity contribution in [2.24, 2.45) is 0 Å². The monoisotopic (exact) mass is 460 g/mol. The Labute approximate surface area is 181 Å². The number of carbonyl (C=O) groups excluding carboxylic acids is 2. The lowest BCUT2D eigenvalue weighted by molar-refractivity contribution is -0.121. The SMILES string of the molecule is O=C(Cc1ccc(Br)cc1)NNC(=O)c1cc(-c2ccccn2)nc2ccccc12. The van der Waals surface area contributed by atoms with Crippen molar-refractivity contribution in [1.29, 1.82) is 0 Å². The summed E-state index contributed by atoms with van der Waals surface area (Å²) in [6.07, 6.45) is 1.83. The van der Waals surface area contributed by atoms with Crippen LogP contribution in [0, 0.1) is 0 Å². The van der Waals surface area contributed by atoms with E-state index in [-0.39, 0.29) is 12.3 Å². The van der Waals surface area contributed by atoms with Gasteiger partial charge in [-0.2, -0.15) is 0 Å². The van der Waals surface area contributed by atoms with Crippen molar-refractivity contribution in [3.05, 3.63) is 94.6 Å². The number of carbonyl (C=O) groups is 2. The van der Waals surface area contributed by atoms with Gasteiger partial charge in [0.15, 0.2) is 0 Å². The van der Waals surface area contributed by atoms with E-state index in [4.69, 9.17) is 0 Å². The molecule has 0 aliphatic carbocycles. The number of para-hydroxylation sites is 1. The van der Waals surface area contributed by atoms with Crippen LogP contribution in [-0.4, -0.2) is 21.8 Å². The lowest BCUT2D eigenvalue weighted by Crippen LogP contribution is -2.42. The summed E-state index contributed by atoms with van der Waals surface area (Å²) in [5, 5.41) is 0.692. The Hall–Kier alpha value is -3.58. The highest BCUT2D eigenvalue weighted by atomic mass is 79.9. The van der Waals surface area contributed by atoms with E-state index in [2.05, 4.69) is 36.7 Å². The maximum absolute atomic E-state index is 12.9. The summed E-state index contributed by atoms with van der Waals surface area (Å²) >= 11 is 3.36. The Morgan fingerprint density at radius 2 is 1.63 bits per heavy atom. The van der Waals surface area contributed by atoms with Crippen LogP contribution >= 0.6 is 15.9 Å². The van der Waals surface area contributed by atoms with E-state index in [1.165, 1.54) is 0 Å². The van der Waals surface area contributed by atoms with E-state index in [1.807, 2.05) is 66.7 Å². The molecular weight excluding hydrogens is 444 g/mol. The molecule has 0 radical (unpaired) electrons. The van der Waals surface area contributed by atoms with Gasteiger partial charge in [-0.05, 0) is 42.0 Å². The zero-order valence-electron chi connectivity index (χ0n) is 15.8. The highest BCUT2D eigenvalue weighted by Gasteiger charge is 2.15. The van der Waals surface area contributed by atoms with Crippen LogP contribution in [0.25, 0.3) is 22.3 Å². The third-order valence-electron chi connectivity index (χ3n) is 4.48. The lowest BCUT2D eigenvalue weighted by atomic mass is 10.1. The Morgan fingerprint density at radius 3 is 2.40 bits per heavy atom. The quantitative estimate of drug-likeness (QED) is 0.449. The van der Waals surface area contributed by atoms with Crippen LogP contribution in [0.15, 0.2) is 83.5 Å². The molecule has 2 aromatic heterocycles. The van der Waals surface area contributed by atoms with Gasteiger partial charge >= 0.3 is 0 Å². The topological polar surface area (TPSA) is 84.0 Å². The Balaban J connectivity index is 1.55. The summed E-state index contributed by atoms with van der Waals surface area (Å²) in [6.45, 7) is 0. The molecule has 0 saturated carbocycles. The van der Waals surface area contributed by atoms with Crippen LogP contribution in [0.2, 0.25) is 0 Å². The first-order chi connectivity index (χ1) is 14.6. The van der Waals surface area contributed by atoms with Gasteiger partial charge in [-0.25, -0.2) is 4.98 Å². The van der Waals surface area contributed by atoms with Gasteiger partial charge in [0.25, 0.3) is 5.91 Å². The minimum Gasteiger partial charge on any atom is -0.273 e. The van der Waals surface area contributed by atoms with Crippen molar-refractivity contribution in [3.8, 4) is 11.4 Å². The average molecular weight is 461 g/mol. The minimum absolute atomic E-state index is 0.157. The Morgan fingerprint density at radius 1 is 0.867 bits per heavy atom. The van der Waals surface area contributed by atoms with Crippen LogP contribution < -0.4 is 10.9 Å². The normalized spacial score (nSPS) is 10.6. The van der Waals surface area contributed by atoms with E-state index >= 15 is 0 Å². The first-order valence-corrected chi connectivity index (χ1v) is 10.0. The van der Waals surface area contributed by atoms with Crippen LogP contribution in [0.1, 0.15) is 15.9 Å². The number of hydrazine groups is 1. The average Bonchev–Trinajstić information content (AvgIpc) is 2.79. The second kappa shape index (κ2) is 8.84. The Bertz CT molecular complexity index is 1210. The van der Waals surface area contributed by atoms with Gasteiger partial charge in [0.05, 0.1) is 28.9 Å². The molecule has 0 unspecified atom stereocenters. The van der Waals surface area contributed by atoms with Gasteiger partial charge in [0.2, 0.25) is 5.91 Å². The molecule has 6 nitrogen and oxygen atoms in total. The highest BCUT2D eigenvalue weighted by molar-refractivity contribution is 9.10. The molecule has 0 fully saturated rings. The fraction of sp³-hybridized carbons (Fsp3) is 0.0435. The summed E-state index contributed by atoms with van der Waals surface area (Å²) < 4.78 is 0.938. The number of aromatic nitrogens is 2. The van der Waals surface area contributed by atoms with Crippen LogP contribution in [-0.2, 0) is 11.2 Å². The maximum Gasteiger partial charge on any atom is 0.270 e. The molecule has 2 aromatic carbocycles. The molecule has 0 aliphatic rings. The lowest BCUT2D eigenvalue weighted by Gasteiger charge is -2.11. The molecular formula is C23H17BrN4O2. The summed E-state index contributed by atoms with van der Waals surface area (Å²) in [5.74, 6) is -0.732. The number of pyridine rings is 2. The number of nitrogens with one attached hydrogen (secondary N) is 2. The first-order valence-electron chi connectivity index (χ1n) is 9.25. The molecule has 0 spiro atoms. The minimum atomic E-state index is -0.421. The van der Waals surface area contributed by atoms with Crippen LogP contribution in [0.4, 0.5) is 0 Å². The third kappa shape index (κ3) is 4.52. The number of benzene rings is 2. The predicted molar refractivity (Wildman–Crippen MR) is 118 cm³/mol. The molecule has 0 bridgehead atoms. The molecule has 0 saturated heterocycles. The van der Waals surface area contributed by atoms with Crippen molar-refractivity contribution in [2.75, 3.05) is 0 Å². The van der Waals surface area contributed by atoms with E-state index in [0.29, 0.717) is 27.9 Å². The largest absolute Gasteiger partial charge is 0.273 e. The van der Waals surface area contributed by atoms with Crippen molar-refractivity contribution in [3.63, 3.8) is 0 Å². The molecule has 2 amide bonds. The number of hydrogen-bond acceptors (Lipinski definition) is 4. The van der Waals surface area contributed by atoms with Crippen molar-refractivity contribution >= 4 is 38.6 Å². The second-order valence-electron chi connectivity index (χ2n) is 6.59. The number of hydrogen-bond donors (Lipinski definition) is 2. The fourth-order valence-electron chi connectivity index (χ4n) is 3.03. The predicted octanol–water partition coefficient (Wildman–Crippen LogP) is 4.06. The van der Waals surface area contributed by atoms with E-state index in [9.17, 15) is 9.59 Å². The Kier molecular flexibility index (Phi) is 5.81. The molecule has 4 rings (SSSR count). The van der Waals surface area contributed by atoms with E-state index in [1.54, 1.807) is 12.3 Å². The summed E-state index contributed by atoms with van der Waals surface area (Å²) in [7, 11) is 0. The van der Waals surface area contributed by atoms with Gasteiger partial charge in [-0.15, -0.1) is 0 Å². The third-order valence-corrected chi connectivity index (χ3v) is 5.01. The van der Waals surface area contributed by atoms with E-state index < -0.39 is 5.91 Å². The van der Waals surface area contributed by atoms with Gasteiger partial charge in [0, 0.05) is 16.1 Å². The van der Waals surface area contributed by atoms with Gasteiger partial charge in [-0.1, -0.05) is 52.3 Å². The molecule has 148 valence electrons. The second-order valence-corrected chi connectivity index (χ2v) is 7.51. The zero-order chi connectivity index (χ0) is 20.9. The number of halogens is 1. The van der Waals surface area contributed by atoms with Gasteiger partial charge in [-0.3, -0.25) is 25.4 Å². The van der Waals surface area contributed by atoms with Crippen molar-refractivity contribution in [2.45, 2.75) is 6.42 Å². The molecule has 0 aliphatic heterocycles. The molecule has 30 heavy (non-hydrogen) atoms. The molecule has 7 heteroatoms. The van der Waals surface area contributed by atoms with E-state index in [0.717, 1.165) is 10.0 Å². The fourth-order valence-corrected chi connectivity index (χ4v) is 3.30. The summed E-state index contributed by atoms with van der Waals surface area (Å²) in [4.78, 5) is 34.0. The number of fused-ring (bicyclic) bond motifs is 1. The van der Waals surface area contributed by atoms with Crippen molar-refractivity contribution in [1.82, 2.24) is 20.8 Å². The molecule has 0 atom stereocenters. The number of nitrogens with zero attached hydrogens (tertiary/aromatic N) is 2. The molecule has 2 heterocycles. The van der Waals surface area contributed by atoms with Gasteiger partial charge in [0.1, 0.15) is 0 Å². The zero-order valence-corrected chi connectivity index (χ0v) is 17.4. The summed E-state index contributed by atoms with van der Waals surface area (Å²) in [5.41, 5.74) is 8.16. The van der Waals surface area contributed by atoms with Crippen LogP contribution in [0.5, 0.6) is 0 Å². The van der Waals surface area contributed by atoms with Crippen molar-refractivity contribution < 1.29 is 9.59 Å². The molecule has 2 N–H and O–H groups in total. The smallest absolute Gasteiger partial charge is 0.270 e. The number of amides is 2.